The topological polar surface area (TPSA) is 294 Å². The van der Waals surface area contributed by atoms with Crippen molar-refractivity contribution < 1.29 is 57.1 Å². The molecule has 1 aromatic heterocycles. The van der Waals surface area contributed by atoms with Crippen molar-refractivity contribution in [2.45, 2.75) is 89.4 Å². The van der Waals surface area contributed by atoms with Gasteiger partial charge in [-0.25, -0.2) is 9.55 Å². The average molecular weight is 745 g/mol. The van der Waals surface area contributed by atoms with Crippen LogP contribution in [0.1, 0.15) is 46.2 Å². The van der Waals surface area contributed by atoms with Gasteiger partial charge in [0.15, 0.2) is 0 Å². The molecule has 0 saturated carbocycles. The lowest BCUT2D eigenvalue weighted by molar-refractivity contribution is -0.139. The third-order valence-electron chi connectivity index (χ3n) is 7.79. The van der Waals surface area contributed by atoms with Crippen molar-refractivity contribution in [3.63, 3.8) is 0 Å². The van der Waals surface area contributed by atoms with E-state index in [0.29, 0.717) is 5.69 Å². The quantitative estimate of drug-likeness (QED) is 0.0489. The number of nitrogens with two attached hydrogens (primary N) is 1. The summed E-state index contributed by atoms with van der Waals surface area (Å²) in [5, 5.41) is 19.8. The summed E-state index contributed by atoms with van der Waals surface area (Å²) in [5.74, 6) is -5.02. The van der Waals surface area contributed by atoms with Crippen LogP contribution in [0.5, 0.6) is 0 Å². The van der Waals surface area contributed by atoms with Crippen LogP contribution in [0.15, 0.2) is 25.2 Å². The summed E-state index contributed by atoms with van der Waals surface area (Å²) in [6.45, 7) is 9.16. The molecular formula is C30H49N8O12P. The summed E-state index contributed by atoms with van der Waals surface area (Å²) < 4.78 is 26.6. The van der Waals surface area contributed by atoms with Crippen LogP contribution >= 0.6 is 7.82 Å². The lowest BCUT2D eigenvalue weighted by Gasteiger charge is -2.28. The molecular weight excluding hydrogens is 695 g/mol. The fourth-order valence-corrected chi connectivity index (χ4v) is 5.87. The Hall–Kier alpha value is -4.20. The van der Waals surface area contributed by atoms with Crippen LogP contribution in [0.2, 0.25) is 0 Å². The van der Waals surface area contributed by atoms with Crippen LogP contribution in [0.25, 0.3) is 0 Å². The summed E-state index contributed by atoms with van der Waals surface area (Å²) >= 11 is 0. The lowest BCUT2D eigenvalue weighted by Crippen LogP contribution is -2.61. The fourth-order valence-electron chi connectivity index (χ4n) is 5.24. The van der Waals surface area contributed by atoms with Crippen molar-refractivity contribution in [3.8, 4) is 0 Å². The van der Waals surface area contributed by atoms with E-state index in [9.17, 15) is 43.3 Å². The number of aromatic amines is 1. The molecule has 20 nitrogen and oxygen atoms in total. The molecule has 51 heavy (non-hydrogen) atoms. The third kappa shape index (κ3) is 13.5. The van der Waals surface area contributed by atoms with E-state index in [-0.39, 0.29) is 44.2 Å². The number of phosphoric ester groups is 1. The summed E-state index contributed by atoms with van der Waals surface area (Å²) in [6, 6.07) is -6.84. The van der Waals surface area contributed by atoms with Crippen LogP contribution < -0.4 is 27.0 Å². The van der Waals surface area contributed by atoms with Gasteiger partial charge in [-0.05, 0) is 19.3 Å². The molecule has 286 valence electrons. The largest absolute Gasteiger partial charge is 0.472 e. The highest BCUT2D eigenvalue weighted by molar-refractivity contribution is 7.47. The number of hydrogen-bond acceptors (Lipinski definition) is 12. The van der Waals surface area contributed by atoms with E-state index in [1.807, 2.05) is 13.8 Å². The predicted octanol–water partition coefficient (Wildman–Crippen LogP) is -2.24. The van der Waals surface area contributed by atoms with Gasteiger partial charge in [-0.3, -0.25) is 37.8 Å². The molecule has 8 unspecified atom stereocenters. The average Bonchev–Trinajstić information content (AvgIpc) is 3.74. The lowest BCUT2D eigenvalue weighted by atomic mass is 10.0. The van der Waals surface area contributed by atoms with Gasteiger partial charge < -0.3 is 51.6 Å². The molecule has 1 aliphatic rings. The van der Waals surface area contributed by atoms with Gasteiger partial charge in [0.25, 0.3) is 0 Å². The molecule has 0 aromatic carbocycles. The molecule has 0 bridgehead atoms. The molecule has 2 heterocycles. The minimum Gasteiger partial charge on any atom is -0.394 e. The van der Waals surface area contributed by atoms with Crippen molar-refractivity contribution in [2.24, 2.45) is 11.7 Å². The maximum Gasteiger partial charge on any atom is 0.472 e. The van der Waals surface area contributed by atoms with Gasteiger partial charge in [0.1, 0.15) is 30.2 Å². The van der Waals surface area contributed by atoms with Gasteiger partial charge in [0.2, 0.25) is 35.4 Å². The Labute approximate surface area is 295 Å². The van der Waals surface area contributed by atoms with Crippen molar-refractivity contribution in [1.82, 2.24) is 36.1 Å². The fraction of sp³-hybridized carbons (Fsp3) is 0.633. The van der Waals surface area contributed by atoms with E-state index >= 15 is 0 Å². The second kappa shape index (κ2) is 20.0. The van der Waals surface area contributed by atoms with Crippen molar-refractivity contribution >= 4 is 43.3 Å². The predicted molar refractivity (Wildman–Crippen MR) is 179 cm³/mol. The Morgan fingerprint density at radius 1 is 1.10 bits per heavy atom. The van der Waals surface area contributed by atoms with E-state index in [4.69, 9.17) is 15.0 Å². The van der Waals surface area contributed by atoms with Crippen molar-refractivity contribution in [1.29, 1.82) is 0 Å². The van der Waals surface area contributed by atoms with Crippen LogP contribution in [0.4, 0.5) is 0 Å². The van der Waals surface area contributed by atoms with Gasteiger partial charge in [-0.15, -0.1) is 6.58 Å². The summed E-state index contributed by atoms with van der Waals surface area (Å²) in [4.78, 5) is 95.9. The van der Waals surface area contributed by atoms with Crippen LogP contribution in [-0.4, -0.2) is 130 Å². The van der Waals surface area contributed by atoms with Crippen LogP contribution in [-0.2, 0) is 53.5 Å². The Morgan fingerprint density at radius 2 is 1.73 bits per heavy atom. The number of nitrogens with one attached hydrogen (secondary N) is 5. The Bertz CT molecular complexity index is 1430. The smallest absolute Gasteiger partial charge is 0.394 e. The minimum atomic E-state index is -4.60. The first-order valence-electron chi connectivity index (χ1n) is 16.1. The van der Waals surface area contributed by atoms with Gasteiger partial charge >= 0.3 is 7.82 Å². The second-order valence-electron chi connectivity index (χ2n) is 12.3. The van der Waals surface area contributed by atoms with Crippen molar-refractivity contribution in [2.75, 3.05) is 26.9 Å². The standard InChI is InChI=1S/C30H49N8O12P/c1-7-8-49-20-11-24(38(13-20)18(5)40)30(45)35-21(9-16(2)3)27(42)34-22(10-19-12-32-15-33-19)28(43)36-23(14-39)29(44)37-25(26(31)41)17(4)50-51(46,47)48-6/h7,12,15-17,20-25,39H,1,8-11,13-14H2,2-6H3,(H2,31,41)(H,32,33)(H,34,42)(H,35,45)(H,36,43)(H,37,44)(H,46,47). The molecule has 1 fully saturated rings. The normalized spacial score (nSPS) is 19.9. The zero-order chi connectivity index (χ0) is 38.5. The Kier molecular flexibility index (Phi) is 16.8. The summed E-state index contributed by atoms with van der Waals surface area (Å²) in [7, 11) is -3.72. The number of hydrogen-bond donors (Lipinski definition) is 8. The van der Waals surface area contributed by atoms with E-state index in [0.717, 1.165) is 14.0 Å². The highest BCUT2D eigenvalue weighted by Crippen LogP contribution is 2.43. The molecule has 0 spiro atoms. The van der Waals surface area contributed by atoms with Gasteiger partial charge in [-0.2, -0.15) is 0 Å². The van der Waals surface area contributed by atoms with Crippen molar-refractivity contribution in [3.05, 3.63) is 30.9 Å². The number of aromatic nitrogens is 2. The number of rotatable bonds is 21. The van der Waals surface area contributed by atoms with Gasteiger partial charge in [0, 0.05) is 45.3 Å². The number of nitrogens with zero attached hydrogens (tertiary/aromatic N) is 2. The number of imidazole rings is 1. The molecule has 1 saturated heterocycles. The number of phosphoric acid groups is 1. The van der Waals surface area contributed by atoms with E-state index in [1.54, 1.807) is 6.08 Å². The molecule has 2 rings (SSSR count). The number of carbonyl (C=O) groups excluding carboxylic acids is 6. The maximum atomic E-state index is 13.7. The first kappa shape index (κ1) is 43.0. The molecule has 8 atom stereocenters. The number of aliphatic hydroxyl groups excluding tert-OH is 1. The molecule has 1 aromatic rings. The number of ether oxygens (including phenoxy) is 1. The first-order chi connectivity index (χ1) is 23.9. The number of amides is 6. The number of carbonyl (C=O) groups is 6. The van der Waals surface area contributed by atoms with Crippen LogP contribution in [0.3, 0.4) is 0 Å². The monoisotopic (exact) mass is 744 g/mol. The number of H-pyrrole nitrogens is 1. The number of primary amides is 1. The van der Waals surface area contributed by atoms with E-state index < -0.39 is 86.4 Å². The highest BCUT2D eigenvalue weighted by atomic mass is 31.2. The second-order valence-corrected chi connectivity index (χ2v) is 13.8. The zero-order valence-corrected chi connectivity index (χ0v) is 30.1. The molecule has 1 aliphatic heterocycles. The van der Waals surface area contributed by atoms with Crippen LogP contribution in [0, 0.1) is 5.92 Å². The highest BCUT2D eigenvalue weighted by Gasteiger charge is 2.41. The van der Waals surface area contributed by atoms with E-state index in [2.05, 4.69) is 42.3 Å². The molecule has 0 aliphatic carbocycles. The third-order valence-corrected chi connectivity index (χ3v) is 8.85. The Morgan fingerprint density at radius 3 is 2.25 bits per heavy atom. The van der Waals surface area contributed by atoms with E-state index in [1.165, 1.54) is 24.3 Å². The molecule has 21 heteroatoms. The summed E-state index contributed by atoms with van der Waals surface area (Å²) in [5.41, 5.74) is 5.75. The minimum absolute atomic E-state index is 0.104. The van der Waals surface area contributed by atoms with Gasteiger partial charge in [0.05, 0.1) is 31.7 Å². The zero-order valence-electron chi connectivity index (χ0n) is 29.2. The molecule has 0 radical (unpaired) electrons. The number of aliphatic hydroxyl groups is 1. The molecule has 6 amide bonds. The summed E-state index contributed by atoms with van der Waals surface area (Å²) in [6.07, 6.45) is 2.57. The molecule has 9 N–H and O–H groups in total. The number of likely N-dealkylation sites (tertiary alicyclic amines) is 1. The Balaban J connectivity index is 2.26. The first-order valence-corrected chi connectivity index (χ1v) is 17.6. The van der Waals surface area contributed by atoms with Gasteiger partial charge in [-0.1, -0.05) is 19.9 Å². The SMILES string of the molecule is C=CCOC1CC(C(=O)NC(CC(C)C)C(=O)NC(Cc2cnc[nH]2)C(=O)NC(CO)C(=O)NC(C(N)=O)C(C)OP(=O)(O)OC)N(C(C)=O)C1. The maximum absolute atomic E-state index is 13.7.